The quantitative estimate of drug-likeness (QED) is 0.754. The van der Waals surface area contributed by atoms with Crippen LogP contribution in [0.1, 0.15) is 64.2 Å². The fourth-order valence-electron chi connectivity index (χ4n) is 5.11. The molecule has 0 bridgehead atoms. The molecule has 3 aliphatic heterocycles. The van der Waals surface area contributed by atoms with Crippen molar-refractivity contribution in [1.82, 2.24) is 9.80 Å². The van der Waals surface area contributed by atoms with Gasteiger partial charge in [0, 0.05) is 44.9 Å². The molecule has 4 aliphatic rings. The lowest BCUT2D eigenvalue weighted by atomic mass is 9.95. The average Bonchev–Trinajstić information content (AvgIpc) is 3.22. The van der Waals surface area contributed by atoms with Crippen LogP contribution in [0.5, 0.6) is 0 Å². The fraction of sp³-hybridized carbons (Fsp3) is 0.900. The van der Waals surface area contributed by atoms with E-state index in [-0.39, 0.29) is 17.7 Å². The average molecular weight is 364 g/mol. The van der Waals surface area contributed by atoms with Crippen LogP contribution in [0.15, 0.2) is 0 Å². The third-order valence-corrected chi connectivity index (χ3v) is 6.67. The standard InChI is InChI=1S/C20H32N2O4/c23-18-14-16(15-22(18)17-6-4-2-1-3-5-7-17)19(24)21-10-8-20(9-11-21)25-12-13-26-20/h16-17H,1-15H2/t16-/m1/s1. The van der Waals surface area contributed by atoms with Crippen LogP contribution < -0.4 is 0 Å². The zero-order valence-corrected chi connectivity index (χ0v) is 15.8. The van der Waals surface area contributed by atoms with Crippen molar-refractivity contribution in [1.29, 1.82) is 0 Å². The molecule has 1 spiro atoms. The molecule has 4 rings (SSSR count). The second-order valence-electron chi connectivity index (χ2n) is 8.38. The Bertz CT molecular complexity index is 514. The maximum Gasteiger partial charge on any atom is 0.228 e. The Labute approximate surface area is 156 Å². The molecule has 2 amide bonds. The molecule has 0 aromatic rings. The second-order valence-corrected chi connectivity index (χ2v) is 8.38. The zero-order valence-electron chi connectivity index (χ0n) is 15.8. The lowest BCUT2D eigenvalue weighted by Gasteiger charge is -2.38. The minimum absolute atomic E-state index is 0.152. The number of likely N-dealkylation sites (tertiary alicyclic amines) is 2. The highest BCUT2D eigenvalue weighted by Crippen LogP contribution is 2.33. The number of hydrogen-bond acceptors (Lipinski definition) is 4. The number of nitrogens with zero attached hydrogens (tertiary/aromatic N) is 2. The Morgan fingerprint density at radius 3 is 2.23 bits per heavy atom. The molecule has 1 atom stereocenters. The first-order chi connectivity index (χ1) is 12.7. The molecular formula is C20H32N2O4. The summed E-state index contributed by atoms with van der Waals surface area (Å²) in [4.78, 5) is 29.5. The van der Waals surface area contributed by atoms with Crippen LogP contribution in [0.4, 0.5) is 0 Å². The summed E-state index contributed by atoms with van der Waals surface area (Å²) in [5.41, 5.74) is 0. The number of carbonyl (C=O) groups excluding carboxylic acids is 2. The van der Waals surface area contributed by atoms with E-state index in [1.807, 2.05) is 9.80 Å². The first kappa shape index (κ1) is 18.2. The highest BCUT2D eigenvalue weighted by Gasteiger charge is 2.44. The number of piperidine rings is 1. The van der Waals surface area contributed by atoms with Gasteiger partial charge in [0.15, 0.2) is 5.79 Å². The van der Waals surface area contributed by atoms with E-state index < -0.39 is 5.79 Å². The van der Waals surface area contributed by atoms with Crippen LogP contribution in [0.3, 0.4) is 0 Å². The Morgan fingerprint density at radius 2 is 1.58 bits per heavy atom. The zero-order chi connectivity index (χ0) is 18.0. The van der Waals surface area contributed by atoms with Gasteiger partial charge in [-0.2, -0.15) is 0 Å². The summed E-state index contributed by atoms with van der Waals surface area (Å²) in [6.07, 6.45) is 10.4. The van der Waals surface area contributed by atoms with Gasteiger partial charge < -0.3 is 19.3 Å². The molecule has 3 heterocycles. The highest BCUT2D eigenvalue weighted by molar-refractivity contribution is 5.89. The molecule has 0 radical (unpaired) electrons. The van der Waals surface area contributed by atoms with Crippen LogP contribution in [0, 0.1) is 5.92 Å². The van der Waals surface area contributed by atoms with Gasteiger partial charge in [-0.25, -0.2) is 0 Å². The number of hydrogen-bond donors (Lipinski definition) is 0. The monoisotopic (exact) mass is 364 g/mol. The van der Waals surface area contributed by atoms with E-state index in [1.165, 1.54) is 32.1 Å². The topological polar surface area (TPSA) is 59.1 Å². The lowest BCUT2D eigenvalue weighted by Crippen LogP contribution is -2.49. The summed E-state index contributed by atoms with van der Waals surface area (Å²) in [5, 5.41) is 0. The van der Waals surface area contributed by atoms with Crippen LogP contribution in [0.25, 0.3) is 0 Å². The number of carbonyl (C=O) groups is 2. The Morgan fingerprint density at radius 1 is 0.962 bits per heavy atom. The predicted octanol–water partition coefficient (Wildman–Crippen LogP) is 2.31. The van der Waals surface area contributed by atoms with Gasteiger partial charge in [-0.3, -0.25) is 9.59 Å². The molecule has 0 N–H and O–H groups in total. The van der Waals surface area contributed by atoms with E-state index >= 15 is 0 Å². The van der Waals surface area contributed by atoms with E-state index in [0.29, 0.717) is 45.3 Å². The van der Waals surface area contributed by atoms with E-state index in [9.17, 15) is 9.59 Å². The Hall–Kier alpha value is -1.14. The maximum atomic E-state index is 13.0. The number of amides is 2. The molecule has 146 valence electrons. The van der Waals surface area contributed by atoms with E-state index in [1.54, 1.807) is 0 Å². The third-order valence-electron chi connectivity index (χ3n) is 6.67. The summed E-state index contributed by atoms with van der Waals surface area (Å²) in [7, 11) is 0. The van der Waals surface area contributed by atoms with Crippen molar-refractivity contribution >= 4 is 11.8 Å². The van der Waals surface area contributed by atoms with Crippen LogP contribution in [0.2, 0.25) is 0 Å². The summed E-state index contributed by atoms with van der Waals surface area (Å²) >= 11 is 0. The minimum atomic E-state index is -0.451. The maximum absolute atomic E-state index is 13.0. The molecule has 1 saturated carbocycles. The molecule has 1 aliphatic carbocycles. The lowest BCUT2D eigenvalue weighted by molar-refractivity contribution is -0.188. The van der Waals surface area contributed by atoms with Gasteiger partial charge in [-0.05, 0) is 12.8 Å². The number of ether oxygens (including phenoxy) is 2. The predicted molar refractivity (Wildman–Crippen MR) is 96.4 cm³/mol. The van der Waals surface area contributed by atoms with Crippen molar-refractivity contribution in [2.75, 3.05) is 32.8 Å². The molecule has 0 aromatic carbocycles. The second kappa shape index (κ2) is 7.85. The molecule has 0 aromatic heterocycles. The Balaban J connectivity index is 1.32. The van der Waals surface area contributed by atoms with Crippen LogP contribution >= 0.6 is 0 Å². The molecule has 6 heteroatoms. The molecule has 4 fully saturated rings. The summed E-state index contributed by atoms with van der Waals surface area (Å²) in [6.45, 7) is 3.28. The van der Waals surface area contributed by atoms with E-state index in [0.717, 1.165) is 25.7 Å². The largest absolute Gasteiger partial charge is 0.347 e. The van der Waals surface area contributed by atoms with Gasteiger partial charge >= 0.3 is 0 Å². The molecule has 3 saturated heterocycles. The van der Waals surface area contributed by atoms with Gasteiger partial charge in [-0.1, -0.05) is 32.1 Å². The molecule has 0 unspecified atom stereocenters. The van der Waals surface area contributed by atoms with Gasteiger partial charge in [-0.15, -0.1) is 0 Å². The highest BCUT2D eigenvalue weighted by atomic mass is 16.7. The fourth-order valence-corrected chi connectivity index (χ4v) is 5.11. The third kappa shape index (κ3) is 3.77. The first-order valence-corrected chi connectivity index (χ1v) is 10.5. The normalized spacial score (nSPS) is 30.6. The summed E-state index contributed by atoms with van der Waals surface area (Å²) < 4.78 is 11.5. The van der Waals surface area contributed by atoms with Gasteiger partial charge in [0.25, 0.3) is 0 Å². The van der Waals surface area contributed by atoms with Crippen molar-refractivity contribution in [2.24, 2.45) is 5.92 Å². The van der Waals surface area contributed by atoms with Gasteiger partial charge in [0.2, 0.25) is 11.8 Å². The van der Waals surface area contributed by atoms with Crippen molar-refractivity contribution in [3.8, 4) is 0 Å². The SMILES string of the molecule is O=C([C@@H]1CC(=O)N(C2CCCCCCC2)C1)N1CCC2(CC1)OCCO2. The van der Waals surface area contributed by atoms with Crippen molar-refractivity contribution in [3.05, 3.63) is 0 Å². The van der Waals surface area contributed by atoms with E-state index in [2.05, 4.69) is 0 Å². The van der Waals surface area contributed by atoms with Crippen molar-refractivity contribution in [2.45, 2.75) is 76.0 Å². The van der Waals surface area contributed by atoms with Crippen molar-refractivity contribution < 1.29 is 19.1 Å². The molecule has 6 nitrogen and oxygen atoms in total. The van der Waals surface area contributed by atoms with E-state index in [4.69, 9.17) is 9.47 Å². The van der Waals surface area contributed by atoms with Crippen molar-refractivity contribution in [3.63, 3.8) is 0 Å². The number of rotatable bonds is 2. The Kier molecular flexibility index (Phi) is 5.50. The first-order valence-electron chi connectivity index (χ1n) is 10.5. The minimum Gasteiger partial charge on any atom is -0.347 e. The van der Waals surface area contributed by atoms with Crippen LogP contribution in [-0.2, 0) is 19.1 Å². The van der Waals surface area contributed by atoms with Gasteiger partial charge in [0.05, 0.1) is 19.1 Å². The molecular weight excluding hydrogens is 332 g/mol. The smallest absolute Gasteiger partial charge is 0.228 e. The van der Waals surface area contributed by atoms with Gasteiger partial charge in [0.1, 0.15) is 0 Å². The molecule has 26 heavy (non-hydrogen) atoms. The van der Waals surface area contributed by atoms with Crippen LogP contribution in [-0.4, -0.2) is 66.3 Å². The summed E-state index contributed by atoms with van der Waals surface area (Å²) in [5.74, 6) is -0.274. The summed E-state index contributed by atoms with van der Waals surface area (Å²) in [6, 6.07) is 0.352.